The molecular weight excluding hydrogens is 290 g/mol. The van der Waals surface area contributed by atoms with Gasteiger partial charge in [0.15, 0.2) is 0 Å². The summed E-state index contributed by atoms with van der Waals surface area (Å²) in [5.41, 5.74) is -0.586. The fourth-order valence-corrected chi connectivity index (χ4v) is 1.51. The molecule has 0 aliphatic rings. The molecule has 6 heteroatoms. The van der Waals surface area contributed by atoms with Crippen molar-refractivity contribution in [3.05, 3.63) is 0 Å². The minimum absolute atomic E-state index is 0.285. The van der Waals surface area contributed by atoms with E-state index >= 15 is 0 Å². The van der Waals surface area contributed by atoms with Gasteiger partial charge in [0.05, 0.1) is 6.61 Å². The summed E-state index contributed by atoms with van der Waals surface area (Å²) in [4.78, 5) is 23.0. The van der Waals surface area contributed by atoms with Crippen LogP contribution in [-0.2, 0) is 14.3 Å². The number of alkyl halides is 1. The normalized spacial score (nSPS) is 12.8. The maximum Gasteiger partial charge on any atom is 0.408 e. The molecule has 0 aromatic heterocycles. The number of halogens is 1. The molecule has 0 spiro atoms. The average Bonchev–Trinajstić information content (AvgIpc) is 2.14. The number of carbonyl (C=O) groups excluding carboxylic acids is 2. The summed E-state index contributed by atoms with van der Waals surface area (Å²) in [6.45, 7) is 7.29. The zero-order chi connectivity index (χ0) is 13.5. The van der Waals surface area contributed by atoms with Gasteiger partial charge in [-0.2, -0.15) is 0 Å². The third-order valence-corrected chi connectivity index (χ3v) is 2.12. The number of amides is 1. The van der Waals surface area contributed by atoms with E-state index in [9.17, 15) is 9.59 Å². The lowest BCUT2D eigenvalue weighted by molar-refractivity contribution is -0.145. The Morgan fingerprint density at radius 1 is 1.35 bits per heavy atom. The van der Waals surface area contributed by atoms with Crippen LogP contribution in [0, 0.1) is 0 Å². The lowest BCUT2D eigenvalue weighted by Crippen LogP contribution is -2.44. The minimum Gasteiger partial charge on any atom is -0.464 e. The quantitative estimate of drug-likeness (QED) is 0.625. The lowest BCUT2D eigenvalue weighted by atomic mass is 10.2. The van der Waals surface area contributed by atoms with Crippen molar-refractivity contribution in [3.8, 4) is 0 Å². The minimum atomic E-state index is -0.677. The third-order valence-electron chi connectivity index (χ3n) is 1.66. The Kier molecular flexibility index (Phi) is 7.18. The molecular formula is C11H20BrNO4. The number of alkyl carbamates (subject to hydrolysis) is 1. The van der Waals surface area contributed by atoms with Crippen molar-refractivity contribution in [2.75, 3.05) is 11.9 Å². The van der Waals surface area contributed by atoms with E-state index in [0.717, 1.165) is 0 Å². The average molecular weight is 310 g/mol. The number of rotatable bonds is 5. The van der Waals surface area contributed by atoms with E-state index in [4.69, 9.17) is 9.47 Å². The highest BCUT2D eigenvalue weighted by Crippen LogP contribution is 2.08. The molecule has 0 aromatic carbocycles. The van der Waals surface area contributed by atoms with Crippen LogP contribution < -0.4 is 5.32 Å². The molecule has 0 aliphatic carbocycles. The van der Waals surface area contributed by atoms with Gasteiger partial charge in [0.1, 0.15) is 11.6 Å². The van der Waals surface area contributed by atoms with E-state index in [2.05, 4.69) is 21.2 Å². The fraction of sp³-hybridized carbons (Fsp3) is 0.818. The Morgan fingerprint density at radius 2 is 1.94 bits per heavy atom. The first-order chi connectivity index (χ1) is 7.80. The van der Waals surface area contributed by atoms with Gasteiger partial charge in [0.25, 0.3) is 0 Å². The van der Waals surface area contributed by atoms with Crippen LogP contribution >= 0.6 is 15.9 Å². The first-order valence-electron chi connectivity index (χ1n) is 5.52. The van der Waals surface area contributed by atoms with E-state index in [1.807, 2.05) is 0 Å². The molecule has 17 heavy (non-hydrogen) atoms. The summed E-state index contributed by atoms with van der Waals surface area (Å²) in [7, 11) is 0. The largest absolute Gasteiger partial charge is 0.464 e. The van der Waals surface area contributed by atoms with Gasteiger partial charge in [0.2, 0.25) is 0 Å². The molecule has 1 atom stereocenters. The number of esters is 1. The van der Waals surface area contributed by atoms with Crippen molar-refractivity contribution in [1.29, 1.82) is 0 Å². The Hall–Kier alpha value is -0.780. The fourth-order valence-electron chi connectivity index (χ4n) is 1.05. The SMILES string of the molecule is CCOC(=O)C(CCBr)NC(=O)OC(C)(C)C. The summed E-state index contributed by atoms with van der Waals surface area (Å²) >= 11 is 3.22. The Labute approximate surface area is 110 Å². The first kappa shape index (κ1) is 16.2. The topological polar surface area (TPSA) is 64.6 Å². The Balaban J connectivity index is 4.34. The van der Waals surface area contributed by atoms with Gasteiger partial charge in [-0.3, -0.25) is 0 Å². The number of ether oxygens (including phenoxy) is 2. The summed E-state index contributed by atoms with van der Waals surface area (Å²) in [5, 5.41) is 3.08. The zero-order valence-electron chi connectivity index (χ0n) is 10.7. The maximum atomic E-state index is 11.5. The Morgan fingerprint density at radius 3 is 2.35 bits per heavy atom. The van der Waals surface area contributed by atoms with E-state index in [0.29, 0.717) is 11.8 Å². The highest BCUT2D eigenvalue weighted by atomic mass is 79.9. The molecule has 0 saturated carbocycles. The summed E-state index contributed by atoms with van der Waals surface area (Å²) in [6, 6.07) is -0.677. The van der Waals surface area contributed by atoms with Crippen LogP contribution in [0.3, 0.4) is 0 Å². The number of carbonyl (C=O) groups is 2. The van der Waals surface area contributed by atoms with Gasteiger partial charge >= 0.3 is 12.1 Å². The van der Waals surface area contributed by atoms with Crippen molar-refractivity contribution in [2.45, 2.75) is 45.8 Å². The first-order valence-corrected chi connectivity index (χ1v) is 6.64. The van der Waals surface area contributed by atoms with Gasteiger partial charge in [-0.15, -0.1) is 0 Å². The van der Waals surface area contributed by atoms with E-state index < -0.39 is 23.7 Å². The zero-order valence-corrected chi connectivity index (χ0v) is 12.3. The predicted molar refractivity (Wildman–Crippen MR) is 68.2 cm³/mol. The van der Waals surface area contributed by atoms with Crippen molar-refractivity contribution >= 4 is 28.0 Å². The molecule has 0 aliphatic heterocycles. The van der Waals surface area contributed by atoms with E-state index in [-0.39, 0.29) is 6.61 Å². The molecule has 0 saturated heterocycles. The van der Waals surface area contributed by atoms with Crippen molar-refractivity contribution in [1.82, 2.24) is 5.32 Å². The number of hydrogen-bond acceptors (Lipinski definition) is 4. The van der Waals surface area contributed by atoms with Crippen molar-refractivity contribution in [3.63, 3.8) is 0 Å². The van der Waals surface area contributed by atoms with Crippen LogP contribution in [0.5, 0.6) is 0 Å². The second-order valence-electron chi connectivity index (χ2n) is 4.43. The van der Waals surface area contributed by atoms with Gasteiger partial charge in [0, 0.05) is 5.33 Å². The molecule has 0 heterocycles. The molecule has 1 N–H and O–H groups in total. The summed E-state index contributed by atoms with van der Waals surface area (Å²) < 4.78 is 9.93. The maximum absolute atomic E-state index is 11.5. The van der Waals surface area contributed by atoms with Gasteiger partial charge in [-0.1, -0.05) is 15.9 Å². The van der Waals surface area contributed by atoms with Crippen LogP contribution in [0.2, 0.25) is 0 Å². The van der Waals surface area contributed by atoms with Gasteiger partial charge in [-0.25, -0.2) is 9.59 Å². The second kappa shape index (κ2) is 7.53. The molecule has 5 nitrogen and oxygen atoms in total. The number of hydrogen-bond donors (Lipinski definition) is 1. The predicted octanol–water partition coefficient (Wildman–Crippen LogP) is 2.23. The van der Waals surface area contributed by atoms with Crippen LogP contribution in [0.4, 0.5) is 4.79 Å². The summed E-state index contributed by atoms with van der Waals surface area (Å²) in [5.74, 6) is -0.446. The molecule has 0 rings (SSSR count). The molecule has 0 fully saturated rings. The molecule has 100 valence electrons. The van der Waals surface area contributed by atoms with Crippen LogP contribution in [0.1, 0.15) is 34.1 Å². The summed E-state index contributed by atoms with van der Waals surface area (Å²) in [6.07, 6.45) is -0.158. The standard InChI is InChI=1S/C11H20BrNO4/c1-5-16-9(14)8(6-7-12)13-10(15)17-11(2,3)4/h8H,5-7H2,1-4H3,(H,13,15). The molecule has 1 unspecified atom stereocenters. The van der Waals surface area contributed by atoms with Crippen LogP contribution in [0.15, 0.2) is 0 Å². The molecule has 0 aromatic rings. The van der Waals surface area contributed by atoms with E-state index in [1.54, 1.807) is 27.7 Å². The second-order valence-corrected chi connectivity index (χ2v) is 5.22. The smallest absolute Gasteiger partial charge is 0.408 e. The van der Waals surface area contributed by atoms with Crippen molar-refractivity contribution < 1.29 is 19.1 Å². The van der Waals surface area contributed by atoms with E-state index in [1.165, 1.54) is 0 Å². The molecule has 0 bridgehead atoms. The monoisotopic (exact) mass is 309 g/mol. The number of nitrogens with one attached hydrogen (secondary N) is 1. The highest BCUT2D eigenvalue weighted by molar-refractivity contribution is 9.09. The highest BCUT2D eigenvalue weighted by Gasteiger charge is 2.24. The van der Waals surface area contributed by atoms with Gasteiger partial charge < -0.3 is 14.8 Å². The molecule has 1 amide bonds. The van der Waals surface area contributed by atoms with Crippen LogP contribution in [-0.4, -0.2) is 35.6 Å². The third kappa shape index (κ3) is 8.01. The van der Waals surface area contributed by atoms with Crippen LogP contribution in [0.25, 0.3) is 0 Å². The molecule has 0 radical (unpaired) electrons. The van der Waals surface area contributed by atoms with Gasteiger partial charge in [-0.05, 0) is 34.1 Å². The lowest BCUT2D eigenvalue weighted by Gasteiger charge is -2.22. The Bertz CT molecular complexity index is 263. The van der Waals surface area contributed by atoms with Crippen molar-refractivity contribution in [2.24, 2.45) is 0 Å².